The first-order chi connectivity index (χ1) is 11.0. The Morgan fingerprint density at radius 3 is 1.71 bits per heavy atom. The smallest absolute Gasteiger partial charge is 0.224 e. The zero-order valence-corrected chi connectivity index (χ0v) is 15.4. The van der Waals surface area contributed by atoms with Crippen LogP contribution in [-0.4, -0.2) is 10.2 Å². The quantitative estimate of drug-likeness (QED) is 0.775. The third-order valence-electron chi connectivity index (χ3n) is 4.03. The second kappa shape index (κ2) is 6.48. The standard InChI is InChI=1S/C21H28O3/c1-20(2,3)16-12-15(13-17(18(16)22)21(4,5)6)24-19(23)14-10-8-7-9-11-14/h7-13,19,22-23H,1-6H3. The van der Waals surface area contributed by atoms with Crippen LogP contribution in [0.15, 0.2) is 42.5 Å². The fourth-order valence-electron chi connectivity index (χ4n) is 2.63. The van der Waals surface area contributed by atoms with Gasteiger partial charge in [0.1, 0.15) is 11.5 Å². The van der Waals surface area contributed by atoms with Crippen molar-refractivity contribution in [2.75, 3.05) is 0 Å². The predicted molar refractivity (Wildman–Crippen MR) is 97.5 cm³/mol. The molecule has 2 aromatic carbocycles. The highest BCUT2D eigenvalue weighted by Gasteiger charge is 2.27. The lowest BCUT2D eigenvalue weighted by molar-refractivity contribution is -0.0196. The first kappa shape index (κ1) is 18.3. The van der Waals surface area contributed by atoms with Crippen LogP contribution in [0, 0.1) is 0 Å². The number of benzene rings is 2. The third-order valence-corrected chi connectivity index (χ3v) is 4.03. The zero-order valence-electron chi connectivity index (χ0n) is 15.4. The largest absolute Gasteiger partial charge is 0.507 e. The van der Waals surface area contributed by atoms with Gasteiger partial charge < -0.3 is 14.9 Å². The van der Waals surface area contributed by atoms with E-state index in [-0.39, 0.29) is 10.8 Å². The molecule has 2 aromatic rings. The van der Waals surface area contributed by atoms with Gasteiger partial charge in [-0.1, -0.05) is 71.9 Å². The van der Waals surface area contributed by atoms with Crippen LogP contribution in [0.5, 0.6) is 11.5 Å². The molecule has 0 heterocycles. The van der Waals surface area contributed by atoms with Crippen molar-refractivity contribution >= 4 is 0 Å². The number of aliphatic hydroxyl groups is 1. The molecule has 0 aromatic heterocycles. The number of ether oxygens (including phenoxy) is 1. The number of aliphatic hydroxyl groups excluding tert-OH is 1. The van der Waals surface area contributed by atoms with Gasteiger partial charge in [0, 0.05) is 16.7 Å². The SMILES string of the molecule is CC(C)(C)c1cc(OC(O)c2ccccc2)cc(C(C)(C)C)c1O. The average molecular weight is 328 g/mol. The lowest BCUT2D eigenvalue weighted by atomic mass is 9.79. The Kier molecular flexibility index (Phi) is 4.95. The highest BCUT2D eigenvalue weighted by atomic mass is 16.6. The van der Waals surface area contributed by atoms with Crippen LogP contribution in [0.1, 0.15) is 64.5 Å². The molecule has 1 atom stereocenters. The Balaban J connectivity index is 2.47. The van der Waals surface area contributed by atoms with Crippen LogP contribution in [0.3, 0.4) is 0 Å². The van der Waals surface area contributed by atoms with Crippen molar-refractivity contribution in [1.82, 2.24) is 0 Å². The average Bonchev–Trinajstić information content (AvgIpc) is 2.47. The normalized spacial score (nSPS) is 13.6. The molecule has 2 N–H and O–H groups in total. The zero-order chi connectivity index (χ0) is 18.1. The summed E-state index contributed by atoms with van der Waals surface area (Å²) in [4.78, 5) is 0. The molecule has 3 nitrogen and oxygen atoms in total. The minimum atomic E-state index is -1.05. The number of rotatable bonds is 3. The van der Waals surface area contributed by atoms with E-state index in [1.165, 1.54) is 0 Å². The molecule has 0 spiro atoms. The van der Waals surface area contributed by atoms with Crippen LogP contribution in [0.4, 0.5) is 0 Å². The number of hydrogen-bond donors (Lipinski definition) is 2. The van der Waals surface area contributed by atoms with Gasteiger partial charge in [-0.05, 0) is 23.0 Å². The van der Waals surface area contributed by atoms with E-state index < -0.39 is 6.29 Å². The highest BCUT2D eigenvalue weighted by molar-refractivity contribution is 5.52. The van der Waals surface area contributed by atoms with Gasteiger partial charge in [-0.15, -0.1) is 0 Å². The molecule has 0 saturated heterocycles. The van der Waals surface area contributed by atoms with E-state index in [4.69, 9.17) is 4.74 Å². The van der Waals surface area contributed by atoms with Crippen molar-refractivity contribution in [2.45, 2.75) is 58.7 Å². The second-order valence-corrected chi connectivity index (χ2v) is 8.25. The maximum Gasteiger partial charge on any atom is 0.224 e. The Morgan fingerprint density at radius 1 is 0.833 bits per heavy atom. The summed E-state index contributed by atoms with van der Waals surface area (Å²) >= 11 is 0. The minimum Gasteiger partial charge on any atom is -0.507 e. The van der Waals surface area contributed by atoms with Crippen molar-refractivity contribution in [2.24, 2.45) is 0 Å². The van der Waals surface area contributed by atoms with E-state index in [0.717, 1.165) is 11.1 Å². The number of phenolic OH excluding ortho intramolecular Hbond substituents is 1. The lowest BCUT2D eigenvalue weighted by Crippen LogP contribution is -2.18. The molecular formula is C21H28O3. The Bertz CT molecular complexity index is 656. The monoisotopic (exact) mass is 328 g/mol. The molecule has 24 heavy (non-hydrogen) atoms. The molecule has 3 heteroatoms. The van der Waals surface area contributed by atoms with Crippen LogP contribution in [0.2, 0.25) is 0 Å². The maximum atomic E-state index is 10.7. The van der Waals surface area contributed by atoms with Crippen molar-refractivity contribution < 1.29 is 14.9 Å². The summed E-state index contributed by atoms with van der Waals surface area (Å²) in [5, 5.41) is 21.1. The summed E-state index contributed by atoms with van der Waals surface area (Å²) in [5.74, 6) is 0.857. The van der Waals surface area contributed by atoms with Crippen molar-refractivity contribution in [3.05, 3.63) is 59.2 Å². The van der Waals surface area contributed by atoms with Crippen LogP contribution in [0.25, 0.3) is 0 Å². The van der Waals surface area contributed by atoms with Gasteiger partial charge in [0.15, 0.2) is 0 Å². The first-order valence-electron chi connectivity index (χ1n) is 8.28. The molecular weight excluding hydrogens is 300 g/mol. The molecule has 0 fully saturated rings. The summed E-state index contributed by atoms with van der Waals surface area (Å²) < 4.78 is 5.77. The summed E-state index contributed by atoms with van der Waals surface area (Å²) in [6, 6.07) is 12.9. The van der Waals surface area contributed by atoms with Gasteiger partial charge in [0.25, 0.3) is 0 Å². The topological polar surface area (TPSA) is 49.7 Å². The number of aromatic hydroxyl groups is 1. The van der Waals surface area contributed by atoms with Gasteiger partial charge in [0.05, 0.1) is 0 Å². The number of hydrogen-bond acceptors (Lipinski definition) is 3. The molecule has 0 aliphatic carbocycles. The summed E-state index contributed by atoms with van der Waals surface area (Å²) in [7, 11) is 0. The Morgan fingerprint density at radius 2 is 1.29 bits per heavy atom. The van der Waals surface area contributed by atoms with Crippen LogP contribution < -0.4 is 4.74 Å². The Hall–Kier alpha value is -2.00. The first-order valence-corrected chi connectivity index (χ1v) is 8.28. The third kappa shape index (κ3) is 4.09. The fraction of sp³-hybridized carbons (Fsp3) is 0.429. The summed E-state index contributed by atoms with van der Waals surface area (Å²) in [6.07, 6.45) is -1.05. The second-order valence-electron chi connectivity index (χ2n) is 8.25. The maximum absolute atomic E-state index is 10.7. The van der Waals surface area contributed by atoms with Crippen molar-refractivity contribution in [1.29, 1.82) is 0 Å². The van der Waals surface area contributed by atoms with Crippen molar-refractivity contribution in [3.8, 4) is 11.5 Å². The van der Waals surface area contributed by atoms with Crippen LogP contribution in [-0.2, 0) is 10.8 Å². The van der Waals surface area contributed by atoms with Crippen molar-refractivity contribution in [3.63, 3.8) is 0 Å². The molecule has 1 unspecified atom stereocenters. The molecule has 0 aliphatic heterocycles. The van der Waals surface area contributed by atoms with Gasteiger partial charge in [0.2, 0.25) is 6.29 Å². The van der Waals surface area contributed by atoms with E-state index in [2.05, 4.69) is 0 Å². The molecule has 0 aliphatic rings. The van der Waals surface area contributed by atoms with Gasteiger partial charge in [-0.25, -0.2) is 0 Å². The highest BCUT2D eigenvalue weighted by Crippen LogP contribution is 2.42. The van der Waals surface area contributed by atoms with Gasteiger partial charge >= 0.3 is 0 Å². The van der Waals surface area contributed by atoms with E-state index in [1.54, 1.807) is 0 Å². The molecule has 0 radical (unpaired) electrons. The van der Waals surface area contributed by atoms with Crippen LogP contribution >= 0.6 is 0 Å². The molecule has 130 valence electrons. The fourth-order valence-corrected chi connectivity index (χ4v) is 2.63. The van der Waals surface area contributed by atoms with E-state index in [1.807, 2.05) is 84.0 Å². The van der Waals surface area contributed by atoms with E-state index >= 15 is 0 Å². The Labute approximate surface area is 144 Å². The number of phenols is 1. The molecule has 0 saturated carbocycles. The van der Waals surface area contributed by atoms with Gasteiger partial charge in [-0.2, -0.15) is 0 Å². The summed E-state index contributed by atoms with van der Waals surface area (Å²) in [6.45, 7) is 12.3. The molecule has 0 amide bonds. The summed E-state index contributed by atoms with van der Waals surface area (Å²) in [5.41, 5.74) is 1.85. The van der Waals surface area contributed by atoms with E-state index in [0.29, 0.717) is 17.1 Å². The van der Waals surface area contributed by atoms with E-state index in [9.17, 15) is 10.2 Å². The minimum absolute atomic E-state index is 0.235. The molecule has 2 rings (SSSR count). The predicted octanol–water partition coefficient (Wildman–Crippen LogP) is 5.06. The molecule has 0 bridgehead atoms. The van der Waals surface area contributed by atoms with Gasteiger partial charge in [-0.3, -0.25) is 0 Å². The lowest BCUT2D eigenvalue weighted by Gasteiger charge is -2.28.